The number of phosphoric ester groups is 1. The molecule has 0 aromatic carbocycles. The summed E-state index contributed by atoms with van der Waals surface area (Å²) in [7, 11) is -4.42. The smallest absolute Gasteiger partial charge is 0.463 e. The van der Waals surface area contributed by atoms with Gasteiger partial charge in [0.1, 0.15) is 12.7 Å². The number of ether oxygens (including phenoxy) is 1. The van der Waals surface area contributed by atoms with Crippen molar-refractivity contribution in [2.45, 2.75) is 238 Å². The molecule has 10 heteroatoms. The molecule has 0 aliphatic carbocycles. The van der Waals surface area contributed by atoms with Crippen molar-refractivity contribution in [1.29, 1.82) is 0 Å². The van der Waals surface area contributed by atoms with Crippen molar-refractivity contribution in [2.75, 3.05) is 26.4 Å². The molecule has 57 heavy (non-hydrogen) atoms. The van der Waals surface area contributed by atoms with Crippen LogP contribution in [0.15, 0.2) is 24.3 Å². The molecule has 0 rings (SSSR count). The van der Waals surface area contributed by atoms with Crippen LogP contribution in [0.5, 0.6) is 0 Å². The molecule has 3 N–H and O–H groups in total. The van der Waals surface area contributed by atoms with Crippen LogP contribution >= 0.6 is 7.82 Å². The van der Waals surface area contributed by atoms with Crippen LogP contribution in [0.3, 0.4) is 0 Å². The lowest BCUT2D eigenvalue weighted by atomic mass is 10.0. The number of carbonyl (C=O) groups is 2. The maximum atomic E-state index is 12.1. The summed E-state index contributed by atoms with van der Waals surface area (Å²) in [6.45, 7) is 3.56. The summed E-state index contributed by atoms with van der Waals surface area (Å²) in [5, 5.41) is 12.7. The second-order valence-corrected chi connectivity index (χ2v) is 17.5. The average molecular weight is 828 g/mol. The van der Waals surface area contributed by atoms with E-state index in [1.165, 1.54) is 154 Å². The number of phosphoric acid groups is 1. The van der Waals surface area contributed by atoms with E-state index in [0.29, 0.717) is 6.42 Å². The fourth-order valence-electron chi connectivity index (χ4n) is 6.77. The van der Waals surface area contributed by atoms with Crippen molar-refractivity contribution in [2.24, 2.45) is 0 Å². The van der Waals surface area contributed by atoms with Crippen molar-refractivity contribution in [3.8, 4) is 0 Å². The molecule has 0 radical (unpaired) electrons. The van der Waals surface area contributed by atoms with Crippen molar-refractivity contribution in [3.63, 3.8) is 0 Å². The summed E-state index contributed by atoms with van der Waals surface area (Å²) >= 11 is 0. The molecule has 0 heterocycles. The lowest BCUT2D eigenvalue weighted by Gasteiger charge is -2.15. The van der Waals surface area contributed by atoms with Crippen LogP contribution in [0.25, 0.3) is 0 Å². The number of unbranched alkanes of at least 4 members (excludes halogenated alkanes) is 28. The van der Waals surface area contributed by atoms with Crippen molar-refractivity contribution in [3.05, 3.63) is 24.3 Å². The topological polar surface area (TPSA) is 131 Å². The zero-order chi connectivity index (χ0) is 41.8. The highest BCUT2D eigenvalue weighted by atomic mass is 31.2. The average Bonchev–Trinajstić information content (AvgIpc) is 3.20. The molecule has 0 fully saturated rings. The Morgan fingerprint density at radius 3 is 1.42 bits per heavy atom. The van der Waals surface area contributed by atoms with E-state index < -0.39 is 26.5 Å². The number of hydrogen-bond donors (Lipinski definition) is 3. The van der Waals surface area contributed by atoms with Crippen LogP contribution in [-0.2, 0) is 27.9 Å². The maximum absolute atomic E-state index is 12.1. The van der Waals surface area contributed by atoms with E-state index in [4.69, 9.17) is 13.8 Å². The molecule has 0 aliphatic rings. The molecule has 0 bridgehead atoms. The van der Waals surface area contributed by atoms with Crippen LogP contribution < -0.4 is 5.32 Å². The molecular weight excluding hydrogens is 737 g/mol. The normalized spacial score (nSPS) is 13.4. The number of nitrogens with one attached hydrogen (secondary N) is 1. The van der Waals surface area contributed by atoms with Gasteiger partial charge in [-0.25, -0.2) is 4.57 Å². The van der Waals surface area contributed by atoms with Crippen molar-refractivity contribution >= 4 is 19.7 Å². The lowest BCUT2D eigenvalue weighted by Crippen LogP contribution is -2.27. The summed E-state index contributed by atoms with van der Waals surface area (Å²) in [4.78, 5) is 34.0. The number of hydrogen-bond acceptors (Lipinski definition) is 7. The molecule has 0 aromatic rings. The molecule has 0 aromatic heterocycles. The Bertz CT molecular complexity index is 990. The molecule has 0 saturated heterocycles. The van der Waals surface area contributed by atoms with E-state index in [-0.39, 0.29) is 32.1 Å². The van der Waals surface area contributed by atoms with Crippen LogP contribution in [0.2, 0.25) is 0 Å². The summed E-state index contributed by atoms with van der Waals surface area (Å²) in [5.41, 5.74) is 0. The molecule has 0 aliphatic heterocycles. The van der Waals surface area contributed by atoms with Crippen molar-refractivity contribution in [1.82, 2.24) is 5.32 Å². The van der Waals surface area contributed by atoms with Crippen LogP contribution in [-0.4, -0.2) is 54.3 Å². The second kappa shape index (κ2) is 44.1. The third-order valence-electron chi connectivity index (χ3n) is 10.4. The number of aliphatic hydroxyl groups excluding tert-OH is 1. The molecule has 0 saturated carbocycles. The first-order valence-electron chi connectivity index (χ1n) is 23.8. The third kappa shape index (κ3) is 45.4. The van der Waals surface area contributed by atoms with E-state index in [9.17, 15) is 24.2 Å². The van der Waals surface area contributed by atoms with Gasteiger partial charge in [0.25, 0.3) is 0 Å². The molecule has 2 atom stereocenters. The van der Waals surface area contributed by atoms with Gasteiger partial charge in [-0.15, -0.1) is 0 Å². The quantitative estimate of drug-likeness (QED) is 0.0239. The van der Waals surface area contributed by atoms with Gasteiger partial charge in [-0.3, -0.25) is 18.6 Å². The minimum atomic E-state index is -4.42. The minimum absolute atomic E-state index is 0.0795. The van der Waals surface area contributed by atoms with Gasteiger partial charge in [-0.1, -0.05) is 199 Å². The number of aliphatic hydroxyl groups is 1. The van der Waals surface area contributed by atoms with Crippen molar-refractivity contribution < 1.29 is 37.9 Å². The van der Waals surface area contributed by atoms with Crippen LogP contribution in [0, 0.1) is 0 Å². The van der Waals surface area contributed by atoms with Crippen LogP contribution in [0.1, 0.15) is 232 Å². The van der Waals surface area contributed by atoms with E-state index in [2.05, 4.69) is 43.5 Å². The van der Waals surface area contributed by atoms with Gasteiger partial charge in [0.05, 0.1) is 13.2 Å². The highest BCUT2D eigenvalue weighted by Crippen LogP contribution is 2.42. The number of amides is 1. The summed E-state index contributed by atoms with van der Waals surface area (Å²) in [6, 6.07) is 0. The minimum Gasteiger partial charge on any atom is -0.463 e. The first-order valence-corrected chi connectivity index (χ1v) is 25.3. The molecule has 9 nitrogen and oxygen atoms in total. The summed E-state index contributed by atoms with van der Waals surface area (Å²) in [5.74, 6) is -0.515. The fraction of sp³-hybridized carbons (Fsp3) is 0.872. The van der Waals surface area contributed by atoms with E-state index in [0.717, 1.165) is 51.4 Å². The third-order valence-corrected chi connectivity index (χ3v) is 11.4. The van der Waals surface area contributed by atoms with Gasteiger partial charge in [0, 0.05) is 19.4 Å². The van der Waals surface area contributed by atoms with E-state index in [1.54, 1.807) is 0 Å². The van der Waals surface area contributed by atoms with E-state index >= 15 is 0 Å². The Hall–Kier alpha value is -1.51. The molecule has 0 spiro atoms. The zero-order valence-corrected chi connectivity index (χ0v) is 37.9. The largest absolute Gasteiger partial charge is 0.472 e. The Morgan fingerprint density at radius 1 is 0.544 bits per heavy atom. The van der Waals surface area contributed by atoms with Crippen LogP contribution in [0.4, 0.5) is 0 Å². The monoisotopic (exact) mass is 828 g/mol. The lowest BCUT2D eigenvalue weighted by molar-refractivity contribution is -0.147. The van der Waals surface area contributed by atoms with Gasteiger partial charge < -0.3 is 20.1 Å². The van der Waals surface area contributed by atoms with Gasteiger partial charge in [0.2, 0.25) is 5.91 Å². The Balaban J connectivity index is 3.56. The fourth-order valence-corrected chi connectivity index (χ4v) is 7.52. The Morgan fingerprint density at radius 2 is 0.947 bits per heavy atom. The Labute approximate surface area is 350 Å². The zero-order valence-electron chi connectivity index (χ0n) is 37.0. The standard InChI is InChI=1S/C47H90NO8P/c1-3-5-7-9-11-13-15-17-19-21-23-25-27-29-31-33-35-37-39-46(50)48-41-42-55-57(52,53)56-44-45(49)43-54-47(51)40-38-36-34-32-30-28-26-24-22-20-18-16-14-12-10-8-6-4-2/h13,15,19,21,45,49H,3-12,14,16-18,20,22-44H2,1-2H3,(H,48,50)(H,52,53)/b15-13-,21-19-. The highest BCUT2D eigenvalue weighted by molar-refractivity contribution is 7.47. The molecule has 336 valence electrons. The number of allylic oxidation sites excluding steroid dienone is 4. The van der Waals surface area contributed by atoms with Gasteiger partial charge in [0.15, 0.2) is 0 Å². The maximum Gasteiger partial charge on any atom is 0.472 e. The number of esters is 1. The highest BCUT2D eigenvalue weighted by Gasteiger charge is 2.23. The molecule has 2 unspecified atom stereocenters. The van der Waals surface area contributed by atoms with E-state index in [1.807, 2.05) is 0 Å². The first kappa shape index (κ1) is 55.5. The predicted molar refractivity (Wildman–Crippen MR) is 238 cm³/mol. The van der Waals surface area contributed by atoms with Gasteiger partial charge in [-0.2, -0.15) is 0 Å². The molecular formula is C47H90NO8P. The predicted octanol–water partition coefficient (Wildman–Crippen LogP) is 13.6. The summed E-state index contributed by atoms with van der Waals surface area (Å²) < 4.78 is 26.9. The Kier molecular flexibility index (Phi) is 42.9. The second-order valence-electron chi connectivity index (χ2n) is 16.1. The van der Waals surface area contributed by atoms with Gasteiger partial charge in [-0.05, 0) is 44.9 Å². The molecule has 1 amide bonds. The number of carbonyl (C=O) groups excluding carboxylic acids is 2. The summed E-state index contributed by atoms with van der Waals surface area (Å²) in [6.07, 6.45) is 48.2. The SMILES string of the molecule is CCCCCC/C=C\C/C=C\CCCCCCCCCC(=O)NCCOP(=O)(O)OCC(O)COC(=O)CCCCCCCCCCCCCCCCCCCC. The first-order chi connectivity index (χ1) is 27.8. The van der Waals surface area contributed by atoms with Gasteiger partial charge >= 0.3 is 13.8 Å². The number of rotatable bonds is 45.